The van der Waals surface area contributed by atoms with Crippen molar-refractivity contribution in [3.63, 3.8) is 0 Å². The van der Waals surface area contributed by atoms with E-state index >= 15 is 0 Å². The van der Waals surface area contributed by atoms with Crippen molar-refractivity contribution in [3.05, 3.63) is 70.0 Å². The molecule has 0 saturated carbocycles. The Morgan fingerprint density at radius 2 is 2.07 bits per heavy atom. The van der Waals surface area contributed by atoms with Crippen molar-refractivity contribution in [2.75, 3.05) is 5.32 Å². The van der Waals surface area contributed by atoms with Crippen molar-refractivity contribution in [1.82, 2.24) is 14.8 Å². The van der Waals surface area contributed by atoms with Crippen molar-refractivity contribution in [3.8, 4) is 0 Å². The standard InChI is InChI=1S/C18H17N5O3S/c1-3-12-6-4-5-7-14(12)20-17(24)13-8-9-16(15(10-13)23(25)26)27-18-21-19-11-22(18)2/h4-11H,3H2,1-2H3,(H,20,24). The van der Waals surface area contributed by atoms with E-state index in [4.69, 9.17) is 0 Å². The van der Waals surface area contributed by atoms with Crippen molar-refractivity contribution >= 4 is 29.0 Å². The van der Waals surface area contributed by atoms with Crippen LogP contribution >= 0.6 is 11.8 Å². The molecule has 1 N–H and O–H groups in total. The van der Waals surface area contributed by atoms with E-state index in [-0.39, 0.29) is 11.3 Å². The lowest BCUT2D eigenvalue weighted by Gasteiger charge is -2.10. The fourth-order valence-electron chi connectivity index (χ4n) is 2.50. The number of nitrogens with zero attached hydrogens (tertiary/aromatic N) is 4. The molecule has 3 rings (SSSR count). The molecule has 0 saturated heterocycles. The Kier molecular flexibility index (Phi) is 5.51. The Bertz CT molecular complexity index is 1000. The maximum Gasteiger partial charge on any atom is 0.284 e. The van der Waals surface area contributed by atoms with Gasteiger partial charge in [0.05, 0.1) is 9.82 Å². The molecule has 9 heteroatoms. The zero-order chi connectivity index (χ0) is 19.4. The third-order valence-corrected chi connectivity index (χ3v) is 5.05. The summed E-state index contributed by atoms with van der Waals surface area (Å²) in [5.74, 6) is -0.394. The van der Waals surface area contributed by atoms with Crippen molar-refractivity contribution in [2.24, 2.45) is 7.05 Å². The van der Waals surface area contributed by atoms with Crippen LogP contribution in [-0.2, 0) is 13.5 Å². The second-order valence-electron chi connectivity index (χ2n) is 5.73. The van der Waals surface area contributed by atoms with E-state index < -0.39 is 10.8 Å². The molecule has 2 aromatic carbocycles. The van der Waals surface area contributed by atoms with E-state index in [0.29, 0.717) is 15.7 Å². The van der Waals surface area contributed by atoms with Crippen LogP contribution in [0.25, 0.3) is 0 Å². The second kappa shape index (κ2) is 8.00. The number of nitro groups is 1. The molecule has 1 amide bonds. The number of nitrogens with one attached hydrogen (secondary N) is 1. The highest BCUT2D eigenvalue weighted by atomic mass is 32.2. The lowest BCUT2D eigenvalue weighted by Crippen LogP contribution is -2.13. The lowest BCUT2D eigenvalue weighted by molar-refractivity contribution is -0.387. The summed E-state index contributed by atoms with van der Waals surface area (Å²) in [6, 6.07) is 11.9. The number of rotatable bonds is 6. The Hall–Kier alpha value is -3.20. The normalized spacial score (nSPS) is 10.6. The van der Waals surface area contributed by atoms with Gasteiger partial charge in [-0.05, 0) is 41.9 Å². The van der Waals surface area contributed by atoms with Gasteiger partial charge in [-0.1, -0.05) is 25.1 Å². The maximum atomic E-state index is 12.6. The Balaban J connectivity index is 1.88. The Morgan fingerprint density at radius 3 is 2.74 bits per heavy atom. The van der Waals surface area contributed by atoms with E-state index in [1.54, 1.807) is 23.7 Å². The van der Waals surface area contributed by atoms with Crippen LogP contribution in [0.3, 0.4) is 0 Å². The fraction of sp³-hybridized carbons (Fsp3) is 0.167. The average Bonchev–Trinajstić information content (AvgIpc) is 3.07. The molecule has 27 heavy (non-hydrogen) atoms. The third-order valence-electron chi connectivity index (χ3n) is 3.94. The molecule has 0 radical (unpaired) electrons. The molecule has 0 aliphatic heterocycles. The van der Waals surface area contributed by atoms with E-state index in [1.807, 2.05) is 31.2 Å². The molecule has 1 aromatic heterocycles. The van der Waals surface area contributed by atoms with Crippen molar-refractivity contribution in [1.29, 1.82) is 0 Å². The first-order chi connectivity index (χ1) is 13.0. The monoisotopic (exact) mass is 383 g/mol. The zero-order valence-electron chi connectivity index (χ0n) is 14.7. The molecular formula is C18H17N5O3S. The van der Waals surface area contributed by atoms with Gasteiger partial charge in [0, 0.05) is 24.4 Å². The maximum absolute atomic E-state index is 12.6. The van der Waals surface area contributed by atoms with Gasteiger partial charge in [0.1, 0.15) is 6.33 Å². The summed E-state index contributed by atoms with van der Waals surface area (Å²) in [6.45, 7) is 1.99. The largest absolute Gasteiger partial charge is 0.322 e. The van der Waals surface area contributed by atoms with Gasteiger partial charge in [-0.2, -0.15) is 0 Å². The lowest BCUT2D eigenvalue weighted by atomic mass is 10.1. The molecule has 8 nitrogen and oxygen atoms in total. The van der Waals surface area contributed by atoms with Gasteiger partial charge in [-0.25, -0.2) is 0 Å². The highest BCUT2D eigenvalue weighted by Gasteiger charge is 2.20. The highest BCUT2D eigenvalue weighted by molar-refractivity contribution is 7.99. The van der Waals surface area contributed by atoms with Crippen LogP contribution < -0.4 is 5.32 Å². The molecule has 3 aromatic rings. The first-order valence-corrected chi connectivity index (χ1v) is 9.00. The van der Waals surface area contributed by atoms with Crippen molar-refractivity contribution in [2.45, 2.75) is 23.4 Å². The SMILES string of the molecule is CCc1ccccc1NC(=O)c1ccc(Sc2nncn2C)c([N+](=O)[O-])c1. The van der Waals surface area contributed by atoms with Crippen LogP contribution in [0.4, 0.5) is 11.4 Å². The van der Waals surface area contributed by atoms with Crippen LogP contribution in [0.2, 0.25) is 0 Å². The van der Waals surface area contributed by atoms with Crippen molar-refractivity contribution < 1.29 is 9.72 Å². The van der Waals surface area contributed by atoms with Gasteiger partial charge < -0.3 is 9.88 Å². The first kappa shape index (κ1) is 18.6. The minimum atomic E-state index is -0.504. The van der Waals surface area contributed by atoms with Crippen LogP contribution in [0.1, 0.15) is 22.8 Å². The van der Waals surface area contributed by atoms with Gasteiger partial charge in [0.15, 0.2) is 5.16 Å². The number of nitro benzene ring substituents is 1. The molecule has 0 spiro atoms. The van der Waals surface area contributed by atoms with Gasteiger partial charge in [0.25, 0.3) is 11.6 Å². The molecule has 0 fully saturated rings. The summed E-state index contributed by atoms with van der Waals surface area (Å²) in [4.78, 5) is 23.9. The molecule has 0 aliphatic rings. The number of anilines is 1. The number of aryl methyl sites for hydroxylation is 2. The number of hydrogen-bond donors (Lipinski definition) is 1. The van der Waals surface area contributed by atoms with E-state index in [1.165, 1.54) is 12.4 Å². The van der Waals surface area contributed by atoms with Gasteiger partial charge in [-0.3, -0.25) is 14.9 Å². The summed E-state index contributed by atoms with van der Waals surface area (Å²) in [7, 11) is 1.75. The number of benzene rings is 2. The van der Waals surface area contributed by atoms with Crippen LogP contribution in [-0.4, -0.2) is 25.6 Å². The molecule has 1 heterocycles. The minimum Gasteiger partial charge on any atom is -0.322 e. The predicted octanol–water partition coefficient (Wildman–Crippen LogP) is 3.69. The van der Waals surface area contributed by atoms with Crippen LogP contribution in [0, 0.1) is 10.1 Å². The van der Waals surface area contributed by atoms with Gasteiger partial charge in [-0.15, -0.1) is 10.2 Å². The Morgan fingerprint density at radius 1 is 1.30 bits per heavy atom. The molecule has 0 unspecified atom stereocenters. The Labute approximate surface area is 159 Å². The first-order valence-electron chi connectivity index (χ1n) is 8.19. The summed E-state index contributed by atoms with van der Waals surface area (Å²) >= 11 is 1.12. The van der Waals surface area contributed by atoms with Crippen LogP contribution in [0.5, 0.6) is 0 Å². The minimum absolute atomic E-state index is 0.153. The molecular weight excluding hydrogens is 366 g/mol. The quantitative estimate of drug-likeness (QED) is 0.514. The fourth-order valence-corrected chi connectivity index (χ4v) is 3.35. The summed E-state index contributed by atoms with van der Waals surface area (Å²) in [5, 5.41) is 22.5. The number of amides is 1. The van der Waals surface area contributed by atoms with Gasteiger partial charge in [0.2, 0.25) is 0 Å². The zero-order valence-corrected chi connectivity index (χ0v) is 15.6. The second-order valence-corrected chi connectivity index (χ2v) is 6.74. The van der Waals surface area contributed by atoms with E-state index in [9.17, 15) is 14.9 Å². The molecule has 138 valence electrons. The number of aromatic nitrogens is 3. The highest BCUT2D eigenvalue weighted by Crippen LogP contribution is 2.34. The number of hydrogen-bond acceptors (Lipinski definition) is 6. The third kappa shape index (κ3) is 4.14. The number of carbonyl (C=O) groups is 1. The molecule has 0 atom stereocenters. The average molecular weight is 383 g/mol. The molecule has 0 bridgehead atoms. The van der Waals surface area contributed by atoms with Crippen LogP contribution in [0.15, 0.2) is 58.8 Å². The summed E-state index contributed by atoms with van der Waals surface area (Å²) < 4.78 is 1.66. The summed E-state index contributed by atoms with van der Waals surface area (Å²) in [5.41, 5.74) is 1.76. The van der Waals surface area contributed by atoms with Gasteiger partial charge >= 0.3 is 0 Å². The smallest absolute Gasteiger partial charge is 0.284 e. The predicted molar refractivity (Wildman–Crippen MR) is 102 cm³/mol. The topological polar surface area (TPSA) is 103 Å². The summed E-state index contributed by atoms with van der Waals surface area (Å²) in [6.07, 6.45) is 2.28. The molecule has 0 aliphatic carbocycles. The number of para-hydroxylation sites is 1. The number of carbonyl (C=O) groups excluding carboxylic acids is 1. The van der Waals surface area contributed by atoms with E-state index in [2.05, 4.69) is 15.5 Å². The van der Waals surface area contributed by atoms with E-state index in [0.717, 1.165) is 23.7 Å².